The number of nitrogens with zero attached hydrogens (tertiary/aromatic N) is 2. The van der Waals surface area contributed by atoms with E-state index >= 15 is 0 Å². The molecule has 1 N–H and O–H groups in total. The zero-order valence-corrected chi connectivity index (χ0v) is 18.2. The van der Waals surface area contributed by atoms with E-state index in [2.05, 4.69) is 15.2 Å². The van der Waals surface area contributed by atoms with Crippen molar-refractivity contribution in [2.75, 3.05) is 38.7 Å². The van der Waals surface area contributed by atoms with Crippen LogP contribution >= 0.6 is 0 Å². The van der Waals surface area contributed by atoms with Crippen LogP contribution in [0.5, 0.6) is 11.5 Å². The van der Waals surface area contributed by atoms with Crippen molar-refractivity contribution in [1.82, 2.24) is 9.88 Å². The Morgan fingerprint density at radius 2 is 2.06 bits per heavy atom. The van der Waals surface area contributed by atoms with Crippen LogP contribution in [0.4, 0.5) is 18.9 Å². The Morgan fingerprint density at radius 3 is 2.82 bits per heavy atom. The number of hydrogen-bond donors (Lipinski definition) is 1. The lowest BCUT2D eigenvalue weighted by Gasteiger charge is -2.44. The van der Waals surface area contributed by atoms with Crippen molar-refractivity contribution in [2.45, 2.75) is 31.3 Å². The van der Waals surface area contributed by atoms with Crippen LogP contribution in [0.15, 0.2) is 40.8 Å². The number of benzene rings is 2. The van der Waals surface area contributed by atoms with Crippen LogP contribution in [0.3, 0.4) is 0 Å². The quantitative estimate of drug-likeness (QED) is 0.612. The van der Waals surface area contributed by atoms with E-state index in [1.165, 1.54) is 6.07 Å². The van der Waals surface area contributed by atoms with Gasteiger partial charge in [0.1, 0.15) is 23.6 Å². The van der Waals surface area contributed by atoms with Crippen LogP contribution in [-0.2, 0) is 10.9 Å². The number of hydrogen-bond acceptors (Lipinski definition) is 7. The van der Waals surface area contributed by atoms with E-state index in [1.54, 1.807) is 19.2 Å². The monoisotopic (exact) mass is 463 g/mol. The number of methoxy groups -OCH3 is 1. The lowest BCUT2D eigenvalue weighted by atomic mass is 9.93. The number of halogens is 3. The van der Waals surface area contributed by atoms with Crippen LogP contribution in [0.1, 0.15) is 24.4 Å². The third-order valence-electron chi connectivity index (χ3n) is 6.06. The molecule has 0 aliphatic carbocycles. The van der Waals surface area contributed by atoms with Gasteiger partial charge in [-0.05, 0) is 31.2 Å². The number of alkyl halides is 3. The van der Waals surface area contributed by atoms with Crippen LogP contribution < -0.4 is 14.8 Å². The molecule has 0 radical (unpaired) electrons. The summed E-state index contributed by atoms with van der Waals surface area (Å²) in [5.41, 5.74) is 1.54. The Kier molecular flexibility index (Phi) is 5.57. The summed E-state index contributed by atoms with van der Waals surface area (Å²) in [6, 6.07) is 10.1. The number of morpholine rings is 1. The molecule has 1 saturated heterocycles. The highest BCUT2D eigenvalue weighted by Gasteiger charge is 2.39. The Hall–Kier alpha value is -2.98. The highest BCUT2D eigenvalue weighted by molar-refractivity contribution is 5.86. The highest BCUT2D eigenvalue weighted by atomic mass is 19.4. The number of ether oxygens (including phenoxy) is 3. The fourth-order valence-electron chi connectivity index (χ4n) is 4.49. The van der Waals surface area contributed by atoms with Gasteiger partial charge >= 0.3 is 12.1 Å². The maximum Gasteiger partial charge on any atom is 0.468 e. The SMILES string of the molecule is COc1ccc2c(c1)OC[C@H](N1CCO[C@H](C)C1)[C@H]2Nc1cccc2nc(C(F)(F)F)oc12. The molecule has 1 fully saturated rings. The van der Waals surface area contributed by atoms with E-state index in [9.17, 15) is 13.2 Å². The highest BCUT2D eigenvalue weighted by Crippen LogP contribution is 2.41. The summed E-state index contributed by atoms with van der Waals surface area (Å²) in [6.45, 7) is 4.48. The van der Waals surface area contributed by atoms with Gasteiger partial charge in [-0.25, -0.2) is 4.98 Å². The minimum atomic E-state index is -4.66. The fraction of sp³-hybridized carbons (Fsp3) is 0.435. The number of para-hydroxylation sites is 1. The second kappa shape index (κ2) is 8.42. The topological polar surface area (TPSA) is 69.0 Å². The molecule has 3 aromatic rings. The molecule has 0 spiro atoms. The van der Waals surface area contributed by atoms with E-state index in [0.717, 1.165) is 18.7 Å². The Balaban J connectivity index is 1.55. The summed E-state index contributed by atoms with van der Waals surface area (Å²) in [5, 5.41) is 3.44. The van der Waals surface area contributed by atoms with Crippen molar-refractivity contribution in [1.29, 1.82) is 0 Å². The first-order chi connectivity index (χ1) is 15.8. The molecular weight excluding hydrogens is 439 g/mol. The van der Waals surface area contributed by atoms with Crippen molar-refractivity contribution in [2.24, 2.45) is 0 Å². The number of oxazole rings is 1. The Morgan fingerprint density at radius 1 is 1.21 bits per heavy atom. The first kappa shape index (κ1) is 21.8. The third kappa shape index (κ3) is 4.20. The molecule has 3 atom stereocenters. The molecular formula is C23H24F3N3O4. The number of rotatable bonds is 4. The lowest BCUT2D eigenvalue weighted by molar-refractivity contribution is -0.156. The van der Waals surface area contributed by atoms with E-state index in [0.29, 0.717) is 30.4 Å². The maximum atomic E-state index is 13.2. The molecule has 3 heterocycles. The number of anilines is 1. The van der Waals surface area contributed by atoms with E-state index in [-0.39, 0.29) is 29.3 Å². The fourth-order valence-corrected chi connectivity index (χ4v) is 4.49. The molecule has 0 saturated carbocycles. The molecule has 176 valence electrons. The Labute approximate surface area is 188 Å². The lowest BCUT2D eigenvalue weighted by Crippen LogP contribution is -2.54. The van der Waals surface area contributed by atoms with Crippen LogP contribution in [0.25, 0.3) is 11.1 Å². The molecule has 7 nitrogen and oxygen atoms in total. The first-order valence-electron chi connectivity index (χ1n) is 10.7. The van der Waals surface area contributed by atoms with E-state index in [1.807, 2.05) is 25.1 Å². The normalized spacial score (nSPS) is 23.7. The molecule has 1 aromatic heterocycles. The van der Waals surface area contributed by atoms with Gasteiger partial charge in [-0.3, -0.25) is 4.90 Å². The van der Waals surface area contributed by atoms with Gasteiger partial charge in [0.2, 0.25) is 0 Å². The summed E-state index contributed by atoms with van der Waals surface area (Å²) < 4.78 is 61.9. The summed E-state index contributed by atoms with van der Waals surface area (Å²) in [4.78, 5) is 5.92. The van der Waals surface area contributed by atoms with Crippen molar-refractivity contribution >= 4 is 16.8 Å². The van der Waals surface area contributed by atoms with Crippen molar-refractivity contribution in [3.8, 4) is 11.5 Å². The molecule has 0 amide bonds. The minimum absolute atomic E-state index is 0.0699. The van der Waals surface area contributed by atoms with Crippen molar-refractivity contribution in [3.63, 3.8) is 0 Å². The summed E-state index contributed by atoms with van der Waals surface area (Å²) in [7, 11) is 1.58. The molecule has 0 unspecified atom stereocenters. The van der Waals surface area contributed by atoms with Crippen molar-refractivity contribution < 1.29 is 31.8 Å². The predicted molar refractivity (Wildman–Crippen MR) is 115 cm³/mol. The predicted octanol–water partition coefficient (Wildman–Crippen LogP) is 4.49. The number of aromatic nitrogens is 1. The standard InChI is InChI=1S/C23H24F3N3O4/c1-13-11-29(8-9-31-13)18-12-32-19-10-14(30-2)6-7-15(19)20(18)27-16-4-3-5-17-21(16)33-22(28-17)23(24,25)26/h3-7,10,13,18,20,27H,8-9,11-12H2,1-2H3/t13-,18+,20+/m1/s1. The van der Waals surface area contributed by atoms with Gasteiger partial charge in [-0.15, -0.1) is 0 Å². The van der Waals surface area contributed by atoms with Gasteiger partial charge in [0, 0.05) is 24.7 Å². The zero-order valence-electron chi connectivity index (χ0n) is 18.2. The molecule has 10 heteroatoms. The van der Waals surface area contributed by atoms with Crippen molar-refractivity contribution in [3.05, 3.63) is 47.9 Å². The maximum absolute atomic E-state index is 13.2. The van der Waals surface area contributed by atoms with Crippen LogP contribution in [0, 0.1) is 0 Å². The third-order valence-corrected chi connectivity index (χ3v) is 6.06. The summed E-state index contributed by atoms with van der Waals surface area (Å²) in [5.74, 6) is 0.0747. The molecule has 2 aliphatic heterocycles. The van der Waals surface area contributed by atoms with Crippen LogP contribution in [-0.4, -0.2) is 55.4 Å². The van der Waals surface area contributed by atoms with E-state index < -0.39 is 12.1 Å². The summed E-state index contributed by atoms with van der Waals surface area (Å²) in [6.07, 6.45) is -4.59. The second-order valence-electron chi connectivity index (χ2n) is 8.25. The van der Waals surface area contributed by atoms with Gasteiger partial charge < -0.3 is 23.9 Å². The molecule has 0 bridgehead atoms. The second-order valence-corrected chi connectivity index (χ2v) is 8.25. The van der Waals surface area contributed by atoms with Gasteiger partial charge in [0.25, 0.3) is 0 Å². The minimum Gasteiger partial charge on any atom is -0.497 e. The van der Waals surface area contributed by atoms with Gasteiger partial charge in [-0.2, -0.15) is 13.2 Å². The average Bonchev–Trinajstić information content (AvgIpc) is 3.25. The van der Waals surface area contributed by atoms with Gasteiger partial charge in [0.15, 0.2) is 5.58 Å². The Bertz CT molecular complexity index is 1150. The number of nitrogens with one attached hydrogen (secondary N) is 1. The largest absolute Gasteiger partial charge is 0.497 e. The number of fused-ring (bicyclic) bond motifs is 2. The van der Waals surface area contributed by atoms with Gasteiger partial charge in [-0.1, -0.05) is 6.07 Å². The molecule has 2 aromatic carbocycles. The van der Waals surface area contributed by atoms with Gasteiger partial charge in [0.05, 0.1) is 37.6 Å². The first-order valence-corrected chi connectivity index (χ1v) is 10.7. The average molecular weight is 463 g/mol. The van der Waals surface area contributed by atoms with E-state index in [4.69, 9.17) is 18.6 Å². The van der Waals surface area contributed by atoms with Crippen LogP contribution in [0.2, 0.25) is 0 Å². The zero-order chi connectivity index (χ0) is 23.2. The molecule has 33 heavy (non-hydrogen) atoms. The molecule has 5 rings (SSSR count). The summed E-state index contributed by atoms with van der Waals surface area (Å²) >= 11 is 0. The molecule has 2 aliphatic rings. The smallest absolute Gasteiger partial charge is 0.468 e.